The van der Waals surface area contributed by atoms with Gasteiger partial charge in [0.05, 0.1) is 0 Å². The molecule has 3 N–H and O–H groups in total. The molecule has 0 saturated heterocycles. The summed E-state index contributed by atoms with van der Waals surface area (Å²) >= 11 is 0. The Hall–Kier alpha value is -1.51. The van der Waals surface area contributed by atoms with Gasteiger partial charge in [0.2, 0.25) is 0 Å². The van der Waals surface area contributed by atoms with Gasteiger partial charge in [0.15, 0.2) is 0 Å². The molecule has 1 unspecified atom stereocenters. The molecule has 1 rings (SSSR count). The number of benzene rings is 1. The normalized spacial score (nSPS) is 12.2. The minimum Gasteiger partial charge on any atom is -0.384 e. The average molecular weight is 261 g/mol. The third kappa shape index (κ3) is 4.93. The summed E-state index contributed by atoms with van der Waals surface area (Å²) in [7, 11) is 2.14. The highest BCUT2D eigenvalue weighted by Gasteiger charge is 2.10. The average Bonchev–Trinajstić information content (AvgIpc) is 2.43. The number of hydrogen-bond acceptors (Lipinski definition) is 2. The van der Waals surface area contributed by atoms with Gasteiger partial charge in [-0.2, -0.15) is 0 Å². The van der Waals surface area contributed by atoms with E-state index < -0.39 is 0 Å². The number of nitrogens with one attached hydrogen (secondary N) is 1. The zero-order valence-corrected chi connectivity index (χ0v) is 12.4. The van der Waals surface area contributed by atoms with Crippen molar-refractivity contribution >= 4 is 11.5 Å². The number of unbranched alkanes of at least 4 members (excludes halogenated alkanes) is 1. The van der Waals surface area contributed by atoms with Gasteiger partial charge in [-0.25, -0.2) is 0 Å². The quantitative estimate of drug-likeness (QED) is 0.554. The summed E-state index contributed by atoms with van der Waals surface area (Å²) in [5.41, 5.74) is 7.45. The smallest absolute Gasteiger partial charge is 0.122 e. The van der Waals surface area contributed by atoms with Crippen molar-refractivity contribution in [1.82, 2.24) is 0 Å². The van der Waals surface area contributed by atoms with Crippen molar-refractivity contribution in [3.05, 3.63) is 29.8 Å². The Bertz CT molecular complexity index is 383. The van der Waals surface area contributed by atoms with Crippen LogP contribution in [0.4, 0.5) is 5.69 Å². The van der Waals surface area contributed by atoms with Crippen LogP contribution in [-0.2, 0) is 0 Å². The monoisotopic (exact) mass is 261 g/mol. The summed E-state index contributed by atoms with van der Waals surface area (Å²) in [6, 6.07) is 7.93. The molecule has 1 aromatic carbocycles. The van der Waals surface area contributed by atoms with E-state index in [9.17, 15) is 0 Å². The molecule has 0 aliphatic heterocycles. The van der Waals surface area contributed by atoms with Gasteiger partial charge in [0.1, 0.15) is 5.84 Å². The molecule has 0 fully saturated rings. The molecule has 0 radical (unpaired) electrons. The highest BCUT2D eigenvalue weighted by Crippen LogP contribution is 2.19. The number of nitrogens with two attached hydrogens (primary N) is 1. The van der Waals surface area contributed by atoms with Crippen molar-refractivity contribution in [2.45, 2.75) is 39.5 Å². The van der Waals surface area contributed by atoms with E-state index in [1.165, 1.54) is 31.4 Å². The zero-order valence-electron chi connectivity index (χ0n) is 12.4. The molecule has 3 heteroatoms. The second kappa shape index (κ2) is 7.82. The van der Waals surface area contributed by atoms with E-state index in [0.29, 0.717) is 0 Å². The second-order valence-electron chi connectivity index (χ2n) is 5.26. The van der Waals surface area contributed by atoms with Crippen LogP contribution in [0.1, 0.15) is 45.1 Å². The number of anilines is 1. The standard InChI is InChI=1S/C16H27N3/c1-4-6-7-13(5-2)12-19(3)15-10-8-14(9-11-15)16(17)18/h8-11,13H,4-7,12H2,1-3H3,(H3,17,18). The Labute approximate surface area is 117 Å². The Morgan fingerprint density at radius 2 is 1.89 bits per heavy atom. The van der Waals surface area contributed by atoms with E-state index in [1.807, 2.05) is 24.3 Å². The molecule has 0 heterocycles. The topological polar surface area (TPSA) is 53.1 Å². The molecule has 0 aliphatic rings. The molecular weight excluding hydrogens is 234 g/mol. The predicted octanol–water partition coefficient (Wildman–Crippen LogP) is 3.62. The van der Waals surface area contributed by atoms with Gasteiger partial charge in [-0.05, 0) is 36.6 Å². The molecule has 1 atom stereocenters. The molecule has 0 amide bonds. The summed E-state index contributed by atoms with van der Waals surface area (Å²) in [6.45, 7) is 5.61. The van der Waals surface area contributed by atoms with Gasteiger partial charge < -0.3 is 10.6 Å². The lowest BCUT2D eigenvalue weighted by atomic mass is 9.98. The van der Waals surface area contributed by atoms with E-state index in [1.54, 1.807) is 0 Å². The van der Waals surface area contributed by atoms with Crippen LogP contribution in [0, 0.1) is 11.3 Å². The van der Waals surface area contributed by atoms with Crippen LogP contribution in [0.5, 0.6) is 0 Å². The summed E-state index contributed by atoms with van der Waals surface area (Å²) in [4.78, 5) is 2.30. The third-order valence-corrected chi connectivity index (χ3v) is 3.69. The second-order valence-corrected chi connectivity index (χ2v) is 5.26. The van der Waals surface area contributed by atoms with E-state index in [2.05, 4.69) is 25.8 Å². The lowest BCUT2D eigenvalue weighted by molar-refractivity contribution is 0.454. The number of rotatable bonds is 8. The molecular formula is C16H27N3. The maximum Gasteiger partial charge on any atom is 0.122 e. The third-order valence-electron chi connectivity index (χ3n) is 3.69. The highest BCUT2D eigenvalue weighted by molar-refractivity contribution is 5.95. The van der Waals surface area contributed by atoms with Gasteiger partial charge >= 0.3 is 0 Å². The minimum atomic E-state index is 0.128. The fraction of sp³-hybridized carbons (Fsp3) is 0.562. The molecule has 0 aromatic heterocycles. The highest BCUT2D eigenvalue weighted by atomic mass is 15.1. The first kappa shape index (κ1) is 15.5. The van der Waals surface area contributed by atoms with Gasteiger partial charge in [-0.1, -0.05) is 33.1 Å². The van der Waals surface area contributed by atoms with E-state index in [0.717, 1.165) is 18.0 Å². The van der Waals surface area contributed by atoms with Crippen molar-refractivity contribution < 1.29 is 0 Å². The summed E-state index contributed by atoms with van der Waals surface area (Å²) in [5, 5.41) is 7.40. The van der Waals surface area contributed by atoms with Crippen LogP contribution in [0.15, 0.2) is 24.3 Å². The summed E-state index contributed by atoms with van der Waals surface area (Å²) in [5.74, 6) is 0.890. The Kier molecular flexibility index (Phi) is 6.40. The van der Waals surface area contributed by atoms with Crippen LogP contribution in [0.25, 0.3) is 0 Å². The zero-order chi connectivity index (χ0) is 14.3. The lowest BCUT2D eigenvalue weighted by Crippen LogP contribution is -2.25. The molecule has 3 nitrogen and oxygen atoms in total. The Balaban J connectivity index is 2.60. The summed E-state index contributed by atoms with van der Waals surface area (Å²) < 4.78 is 0. The molecule has 106 valence electrons. The number of hydrogen-bond donors (Lipinski definition) is 2. The fourth-order valence-corrected chi connectivity index (χ4v) is 2.31. The van der Waals surface area contributed by atoms with Crippen LogP contribution in [0.3, 0.4) is 0 Å². The van der Waals surface area contributed by atoms with Gasteiger partial charge in [-0.15, -0.1) is 0 Å². The van der Waals surface area contributed by atoms with Gasteiger partial charge in [0, 0.05) is 24.8 Å². The van der Waals surface area contributed by atoms with E-state index in [4.69, 9.17) is 11.1 Å². The van der Waals surface area contributed by atoms with Crippen molar-refractivity contribution in [3.8, 4) is 0 Å². The SMILES string of the molecule is CCCCC(CC)CN(C)c1ccc(C(=N)N)cc1. The molecule has 0 aliphatic carbocycles. The van der Waals surface area contributed by atoms with Crippen LogP contribution in [0.2, 0.25) is 0 Å². The van der Waals surface area contributed by atoms with E-state index in [-0.39, 0.29) is 5.84 Å². The number of amidine groups is 1. The van der Waals surface area contributed by atoms with Gasteiger partial charge in [0.25, 0.3) is 0 Å². The van der Waals surface area contributed by atoms with Crippen molar-refractivity contribution in [1.29, 1.82) is 5.41 Å². The first-order valence-corrected chi connectivity index (χ1v) is 7.24. The molecule has 0 bridgehead atoms. The maximum absolute atomic E-state index is 7.40. The maximum atomic E-state index is 7.40. The largest absolute Gasteiger partial charge is 0.384 e. The first-order valence-electron chi connectivity index (χ1n) is 7.24. The minimum absolute atomic E-state index is 0.128. The van der Waals surface area contributed by atoms with Crippen molar-refractivity contribution in [3.63, 3.8) is 0 Å². The van der Waals surface area contributed by atoms with E-state index >= 15 is 0 Å². The molecule has 1 aromatic rings. The number of nitrogens with zero attached hydrogens (tertiary/aromatic N) is 1. The first-order chi connectivity index (χ1) is 9.08. The molecule has 0 saturated carbocycles. The Morgan fingerprint density at radius 3 is 2.37 bits per heavy atom. The predicted molar refractivity (Wildman–Crippen MR) is 84.0 cm³/mol. The van der Waals surface area contributed by atoms with Crippen LogP contribution >= 0.6 is 0 Å². The van der Waals surface area contributed by atoms with Crippen molar-refractivity contribution in [2.24, 2.45) is 11.7 Å². The molecule has 0 spiro atoms. The molecule has 19 heavy (non-hydrogen) atoms. The van der Waals surface area contributed by atoms with Crippen molar-refractivity contribution in [2.75, 3.05) is 18.5 Å². The lowest BCUT2D eigenvalue weighted by Gasteiger charge is -2.25. The fourth-order valence-electron chi connectivity index (χ4n) is 2.31. The van der Waals surface area contributed by atoms with Crippen LogP contribution < -0.4 is 10.6 Å². The number of nitrogen functional groups attached to an aromatic ring is 1. The Morgan fingerprint density at radius 1 is 1.26 bits per heavy atom. The summed E-state index contributed by atoms with van der Waals surface area (Å²) in [6.07, 6.45) is 5.13. The van der Waals surface area contributed by atoms with Crippen LogP contribution in [-0.4, -0.2) is 19.4 Å². The van der Waals surface area contributed by atoms with Gasteiger partial charge in [-0.3, -0.25) is 5.41 Å².